The molecule has 3 rings (SSSR count). The summed E-state index contributed by atoms with van der Waals surface area (Å²) in [4.78, 5) is 6.83. The molecule has 0 spiro atoms. The molecule has 0 amide bonds. The number of benzene rings is 2. The number of para-hydroxylation sites is 1. The fraction of sp³-hybridized carbons (Fsp3) is 0.167. The minimum absolute atomic E-state index is 0.874. The summed E-state index contributed by atoms with van der Waals surface area (Å²) >= 11 is 0. The molecule has 20 heavy (non-hydrogen) atoms. The van der Waals surface area contributed by atoms with Crippen molar-refractivity contribution in [2.45, 2.75) is 6.42 Å². The zero-order valence-electron chi connectivity index (χ0n) is 11.9. The van der Waals surface area contributed by atoms with Crippen LogP contribution in [0.2, 0.25) is 0 Å². The van der Waals surface area contributed by atoms with Gasteiger partial charge < -0.3 is 4.90 Å². The van der Waals surface area contributed by atoms with E-state index in [1.807, 2.05) is 12.1 Å². The lowest BCUT2D eigenvalue weighted by atomic mass is 10.1. The normalized spacial score (nSPS) is 10.7. The lowest BCUT2D eigenvalue weighted by molar-refractivity contribution is 1.09. The van der Waals surface area contributed by atoms with Gasteiger partial charge in [0.2, 0.25) is 0 Å². The quantitative estimate of drug-likeness (QED) is 0.712. The maximum absolute atomic E-state index is 4.72. The zero-order chi connectivity index (χ0) is 13.9. The molecule has 0 fully saturated rings. The van der Waals surface area contributed by atoms with Crippen LogP contribution in [0.15, 0.2) is 60.7 Å². The molecule has 0 unspecified atom stereocenters. The second kappa shape index (κ2) is 5.33. The van der Waals surface area contributed by atoms with Gasteiger partial charge in [0, 0.05) is 37.3 Å². The molecular formula is C18H18N2. The largest absolute Gasteiger partial charge is 0.378 e. The topological polar surface area (TPSA) is 16.1 Å². The Morgan fingerprint density at radius 3 is 2.35 bits per heavy atom. The van der Waals surface area contributed by atoms with Crippen LogP contribution in [0.1, 0.15) is 11.3 Å². The Kier molecular flexibility index (Phi) is 3.38. The van der Waals surface area contributed by atoms with E-state index in [1.165, 1.54) is 16.6 Å². The fourth-order valence-electron chi connectivity index (χ4n) is 2.33. The summed E-state index contributed by atoms with van der Waals surface area (Å²) in [7, 11) is 4.11. The first-order chi connectivity index (χ1) is 9.72. The van der Waals surface area contributed by atoms with Crippen LogP contribution in [0.5, 0.6) is 0 Å². The number of hydrogen-bond acceptors (Lipinski definition) is 2. The molecule has 0 aliphatic rings. The Bertz CT molecular complexity index is 715. The van der Waals surface area contributed by atoms with Crippen LogP contribution in [0.25, 0.3) is 10.9 Å². The van der Waals surface area contributed by atoms with Crippen molar-refractivity contribution in [3.05, 3.63) is 71.9 Å². The van der Waals surface area contributed by atoms with E-state index in [-0.39, 0.29) is 0 Å². The molecular weight excluding hydrogens is 244 g/mol. The highest BCUT2D eigenvalue weighted by atomic mass is 15.1. The third kappa shape index (κ3) is 2.64. The van der Waals surface area contributed by atoms with Gasteiger partial charge in [-0.1, -0.05) is 36.4 Å². The SMILES string of the molecule is CN(C)c1ccc(Cc2ccc3ccccc3n2)cc1. The van der Waals surface area contributed by atoms with Crippen LogP contribution < -0.4 is 4.90 Å². The van der Waals surface area contributed by atoms with Crippen molar-refractivity contribution in [1.82, 2.24) is 4.98 Å². The van der Waals surface area contributed by atoms with Gasteiger partial charge in [0.05, 0.1) is 5.52 Å². The van der Waals surface area contributed by atoms with Crippen LogP contribution >= 0.6 is 0 Å². The third-order valence-electron chi connectivity index (χ3n) is 3.49. The highest BCUT2D eigenvalue weighted by Gasteiger charge is 2.01. The van der Waals surface area contributed by atoms with E-state index in [1.54, 1.807) is 0 Å². The van der Waals surface area contributed by atoms with E-state index in [9.17, 15) is 0 Å². The average Bonchev–Trinajstić information content (AvgIpc) is 2.48. The number of rotatable bonds is 3. The molecule has 1 heterocycles. The number of hydrogen-bond donors (Lipinski definition) is 0. The highest BCUT2D eigenvalue weighted by Crippen LogP contribution is 2.17. The molecule has 2 heteroatoms. The van der Waals surface area contributed by atoms with Gasteiger partial charge in [-0.25, -0.2) is 0 Å². The van der Waals surface area contributed by atoms with Gasteiger partial charge in [0.25, 0.3) is 0 Å². The van der Waals surface area contributed by atoms with Gasteiger partial charge in [-0.2, -0.15) is 0 Å². The maximum atomic E-state index is 4.72. The Morgan fingerprint density at radius 1 is 0.850 bits per heavy atom. The van der Waals surface area contributed by atoms with E-state index >= 15 is 0 Å². The molecule has 0 saturated carbocycles. The van der Waals surface area contributed by atoms with Crippen molar-refractivity contribution in [3.63, 3.8) is 0 Å². The lowest BCUT2D eigenvalue weighted by Crippen LogP contribution is -2.08. The zero-order valence-corrected chi connectivity index (χ0v) is 11.9. The number of anilines is 1. The van der Waals surface area contributed by atoms with Gasteiger partial charge in [-0.15, -0.1) is 0 Å². The van der Waals surface area contributed by atoms with Gasteiger partial charge >= 0.3 is 0 Å². The number of aromatic nitrogens is 1. The number of fused-ring (bicyclic) bond motifs is 1. The summed E-state index contributed by atoms with van der Waals surface area (Å²) in [6.07, 6.45) is 0.874. The van der Waals surface area contributed by atoms with E-state index in [0.717, 1.165) is 17.6 Å². The second-order valence-corrected chi connectivity index (χ2v) is 5.23. The first kappa shape index (κ1) is 12.7. The molecule has 0 aliphatic heterocycles. The van der Waals surface area contributed by atoms with Gasteiger partial charge in [-0.05, 0) is 29.8 Å². The van der Waals surface area contributed by atoms with Crippen LogP contribution in [-0.4, -0.2) is 19.1 Å². The number of nitrogens with zero attached hydrogens (tertiary/aromatic N) is 2. The molecule has 3 aromatic rings. The monoisotopic (exact) mass is 262 g/mol. The molecule has 0 atom stereocenters. The standard InChI is InChI=1S/C18H18N2/c1-20(2)17-11-7-14(8-12-17)13-16-10-9-15-5-3-4-6-18(15)19-16/h3-12H,13H2,1-2H3. The minimum atomic E-state index is 0.874. The first-order valence-corrected chi connectivity index (χ1v) is 6.83. The van der Waals surface area contributed by atoms with Gasteiger partial charge in [-0.3, -0.25) is 4.98 Å². The lowest BCUT2D eigenvalue weighted by Gasteiger charge is -2.12. The van der Waals surface area contributed by atoms with Crippen LogP contribution in [-0.2, 0) is 6.42 Å². The summed E-state index contributed by atoms with van der Waals surface area (Å²) in [5.41, 5.74) is 4.69. The van der Waals surface area contributed by atoms with Crippen LogP contribution in [0, 0.1) is 0 Å². The van der Waals surface area contributed by atoms with Crippen molar-refractivity contribution in [1.29, 1.82) is 0 Å². The molecule has 0 radical (unpaired) electrons. The van der Waals surface area contributed by atoms with Crippen LogP contribution in [0.3, 0.4) is 0 Å². The Balaban J connectivity index is 1.85. The summed E-state index contributed by atoms with van der Waals surface area (Å²) in [6.45, 7) is 0. The van der Waals surface area contributed by atoms with Crippen molar-refractivity contribution in [2.24, 2.45) is 0 Å². The van der Waals surface area contributed by atoms with E-state index in [4.69, 9.17) is 4.98 Å². The number of pyridine rings is 1. The predicted octanol–water partition coefficient (Wildman–Crippen LogP) is 3.89. The molecule has 2 aromatic carbocycles. The Hall–Kier alpha value is -2.35. The van der Waals surface area contributed by atoms with Crippen molar-refractivity contribution in [3.8, 4) is 0 Å². The first-order valence-electron chi connectivity index (χ1n) is 6.83. The fourth-order valence-corrected chi connectivity index (χ4v) is 2.33. The summed E-state index contributed by atoms with van der Waals surface area (Å²) in [6, 6.07) is 21.1. The molecule has 0 saturated heterocycles. The molecule has 100 valence electrons. The third-order valence-corrected chi connectivity index (χ3v) is 3.49. The van der Waals surface area contributed by atoms with Gasteiger partial charge in [0.15, 0.2) is 0 Å². The Morgan fingerprint density at radius 2 is 1.60 bits per heavy atom. The molecule has 2 nitrogen and oxygen atoms in total. The van der Waals surface area contributed by atoms with Crippen molar-refractivity contribution in [2.75, 3.05) is 19.0 Å². The Labute approximate surface area is 119 Å². The van der Waals surface area contributed by atoms with E-state index in [2.05, 4.69) is 67.5 Å². The summed E-state index contributed by atoms with van der Waals surface area (Å²) < 4.78 is 0. The summed E-state index contributed by atoms with van der Waals surface area (Å²) in [5, 5.41) is 1.19. The van der Waals surface area contributed by atoms with Crippen molar-refractivity contribution >= 4 is 16.6 Å². The van der Waals surface area contributed by atoms with E-state index < -0.39 is 0 Å². The van der Waals surface area contributed by atoms with Crippen LogP contribution in [0.4, 0.5) is 5.69 Å². The predicted molar refractivity (Wildman–Crippen MR) is 85.3 cm³/mol. The van der Waals surface area contributed by atoms with Gasteiger partial charge in [0.1, 0.15) is 0 Å². The summed E-state index contributed by atoms with van der Waals surface area (Å²) in [5.74, 6) is 0. The van der Waals surface area contributed by atoms with Crippen molar-refractivity contribution < 1.29 is 0 Å². The molecule has 0 bridgehead atoms. The molecule has 0 N–H and O–H groups in total. The maximum Gasteiger partial charge on any atom is 0.0705 e. The highest BCUT2D eigenvalue weighted by molar-refractivity contribution is 5.78. The molecule has 1 aromatic heterocycles. The smallest absolute Gasteiger partial charge is 0.0705 e. The van der Waals surface area contributed by atoms with E-state index in [0.29, 0.717) is 0 Å². The molecule has 0 aliphatic carbocycles. The average molecular weight is 262 g/mol. The minimum Gasteiger partial charge on any atom is -0.378 e. The second-order valence-electron chi connectivity index (χ2n) is 5.23.